The van der Waals surface area contributed by atoms with Crippen molar-refractivity contribution in [1.29, 1.82) is 0 Å². The van der Waals surface area contributed by atoms with Crippen molar-refractivity contribution in [3.05, 3.63) is 28.7 Å². The van der Waals surface area contributed by atoms with Crippen LogP contribution < -0.4 is 16.0 Å². The second-order valence-electron chi connectivity index (χ2n) is 7.49. The monoisotopic (exact) mass is 392 g/mol. The minimum Gasteiger partial charge on any atom is -0.481 e. The Hall–Kier alpha value is -2.64. The van der Waals surface area contributed by atoms with Crippen LogP contribution in [0.2, 0.25) is 0 Å². The molecule has 2 aromatic heterocycles. The number of carbonyl (C=O) groups excluding carboxylic acids is 1. The molecule has 0 aromatic carbocycles. The van der Waals surface area contributed by atoms with Crippen molar-refractivity contribution in [1.82, 2.24) is 14.5 Å². The van der Waals surface area contributed by atoms with E-state index in [1.807, 2.05) is 6.07 Å². The predicted molar refractivity (Wildman–Crippen MR) is 110 cm³/mol. The van der Waals surface area contributed by atoms with Crippen molar-refractivity contribution in [2.75, 3.05) is 7.11 Å². The first kappa shape index (κ1) is 23.4. The van der Waals surface area contributed by atoms with Crippen LogP contribution in [0.1, 0.15) is 66.3 Å². The van der Waals surface area contributed by atoms with Gasteiger partial charge < -0.3 is 15.2 Å². The van der Waals surface area contributed by atoms with Gasteiger partial charge in [-0.3, -0.25) is 9.36 Å². The van der Waals surface area contributed by atoms with Crippen LogP contribution in [0.5, 0.6) is 5.88 Å². The van der Waals surface area contributed by atoms with E-state index in [-0.39, 0.29) is 19.0 Å². The molecule has 8 nitrogen and oxygen atoms in total. The molecule has 0 radical (unpaired) electrons. The van der Waals surface area contributed by atoms with Gasteiger partial charge in [-0.05, 0) is 39.7 Å². The molecular formula is C20H32N4O4. The zero-order valence-corrected chi connectivity index (χ0v) is 16.4. The van der Waals surface area contributed by atoms with Crippen molar-refractivity contribution in [3.63, 3.8) is 0 Å². The first-order valence-corrected chi connectivity index (χ1v) is 9.12. The molecular weight excluding hydrogens is 360 g/mol. The molecule has 8 heteroatoms. The minimum absolute atomic E-state index is 0. The standard InChI is InChI=1S/C14H17N3O2.C5H11NO2.CH4/c1-19-12-8-7-11-14(16-12)17(13(18)9-15-11)10-5-3-2-4-6-10;1-5(2,3)8-4(6)7;/h7-10H,2-6H2,1H3;1-3H3,(H2,6,7);1H4. The average molecular weight is 393 g/mol. The minimum atomic E-state index is -0.725. The van der Waals surface area contributed by atoms with E-state index in [1.165, 1.54) is 25.5 Å². The second kappa shape index (κ2) is 10.1. The van der Waals surface area contributed by atoms with Crippen LogP contribution in [0.25, 0.3) is 11.2 Å². The molecule has 0 bridgehead atoms. The summed E-state index contributed by atoms with van der Waals surface area (Å²) in [6.45, 7) is 5.28. The van der Waals surface area contributed by atoms with Crippen molar-refractivity contribution in [3.8, 4) is 5.88 Å². The first-order valence-electron chi connectivity index (χ1n) is 9.12. The summed E-state index contributed by atoms with van der Waals surface area (Å²) >= 11 is 0. The van der Waals surface area contributed by atoms with E-state index < -0.39 is 11.7 Å². The lowest BCUT2D eigenvalue weighted by atomic mass is 9.95. The van der Waals surface area contributed by atoms with Crippen molar-refractivity contribution in [2.45, 2.75) is 71.9 Å². The Morgan fingerprint density at radius 3 is 2.36 bits per heavy atom. The predicted octanol–water partition coefficient (Wildman–Crippen LogP) is 3.82. The maximum absolute atomic E-state index is 12.2. The highest BCUT2D eigenvalue weighted by Gasteiger charge is 2.19. The Balaban J connectivity index is 0.000000376. The fraction of sp³-hybridized carbons (Fsp3) is 0.600. The van der Waals surface area contributed by atoms with E-state index in [9.17, 15) is 9.59 Å². The lowest BCUT2D eigenvalue weighted by molar-refractivity contribution is 0.0600. The van der Waals surface area contributed by atoms with Gasteiger partial charge in [0, 0.05) is 12.1 Å². The molecule has 2 heterocycles. The number of pyridine rings is 1. The number of methoxy groups -OCH3 is 1. The fourth-order valence-electron chi connectivity index (χ4n) is 3.10. The summed E-state index contributed by atoms with van der Waals surface area (Å²) in [4.78, 5) is 30.7. The van der Waals surface area contributed by atoms with Gasteiger partial charge in [0.2, 0.25) is 5.88 Å². The summed E-state index contributed by atoms with van der Waals surface area (Å²) in [6, 6.07) is 3.86. The van der Waals surface area contributed by atoms with Crippen LogP contribution >= 0.6 is 0 Å². The Bertz CT molecular complexity index is 836. The van der Waals surface area contributed by atoms with Crippen LogP contribution in [-0.4, -0.2) is 33.3 Å². The van der Waals surface area contributed by atoms with Gasteiger partial charge in [0.05, 0.1) is 13.3 Å². The molecule has 0 unspecified atom stereocenters. The van der Waals surface area contributed by atoms with Crippen LogP contribution in [0.15, 0.2) is 23.1 Å². The van der Waals surface area contributed by atoms with Gasteiger partial charge in [-0.1, -0.05) is 26.7 Å². The van der Waals surface area contributed by atoms with E-state index in [0.717, 1.165) is 18.4 Å². The van der Waals surface area contributed by atoms with Crippen molar-refractivity contribution >= 4 is 17.3 Å². The van der Waals surface area contributed by atoms with Crippen LogP contribution in [-0.2, 0) is 4.74 Å². The number of fused-ring (bicyclic) bond motifs is 1. The third-order valence-electron chi connectivity index (χ3n) is 4.16. The smallest absolute Gasteiger partial charge is 0.405 e. The van der Waals surface area contributed by atoms with Gasteiger partial charge >= 0.3 is 6.09 Å². The Labute approximate surface area is 166 Å². The summed E-state index contributed by atoms with van der Waals surface area (Å²) in [5.41, 5.74) is 5.57. The molecule has 156 valence electrons. The SMILES string of the molecule is C.CC(C)(C)OC(N)=O.COc1ccc2ncc(=O)n(C3CCCCC3)c2n1. The average Bonchev–Trinajstić information content (AvgIpc) is 2.60. The fourth-order valence-corrected chi connectivity index (χ4v) is 3.10. The molecule has 0 spiro atoms. The maximum Gasteiger partial charge on any atom is 0.405 e. The number of amides is 1. The molecule has 1 amide bonds. The summed E-state index contributed by atoms with van der Waals surface area (Å²) in [7, 11) is 1.58. The van der Waals surface area contributed by atoms with Crippen molar-refractivity contribution < 1.29 is 14.3 Å². The van der Waals surface area contributed by atoms with Gasteiger partial charge in [-0.15, -0.1) is 0 Å². The Morgan fingerprint density at radius 1 is 1.21 bits per heavy atom. The van der Waals surface area contributed by atoms with Crippen LogP contribution in [0.4, 0.5) is 4.79 Å². The van der Waals surface area contributed by atoms with E-state index >= 15 is 0 Å². The van der Waals surface area contributed by atoms with Gasteiger partial charge in [-0.2, -0.15) is 4.98 Å². The van der Waals surface area contributed by atoms with E-state index in [4.69, 9.17) is 10.5 Å². The van der Waals surface area contributed by atoms with E-state index in [0.29, 0.717) is 11.5 Å². The third-order valence-corrected chi connectivity index (χ3v) is 4.16. The molecule has 0 atom stereocenters. The molecule has 28 heavy (non-hydrogen) atoms. The maximum atomic E-state index is 12.2. The number of nitrogens with zero attached hydrogens (tertiary/aromatic N) is 3. The summed E-state index contributed by atoms with van der Waals surface area (Å²) in [6.07, 6.45) is 6.35. The van der Waals surface area contributed by atoms with Gasteiger partial charge in [0.1, 0.15) is 11.1 Å². The summed E-state index contributed by atoms with van der Waals surface area (Å²) in [5, 5.41) is 0. The molecule has 2 N–H and O–H groups in total. The third kappa shape index (κ3) is 6.51. The van der Waals surface area contributed by atoms with Crippen LogP contribution in [0.3, 0.4) is 0 Å². The lowest BCUT2D eigenvalue weighted by Gasteiger charge is -2.24. The number of ether oxygens (including phenoxy) is 2. The van der Waals surface area contributed by atoms with Crippen molar-refractivity contribution in [2.24, 2.45) is 5.73 Å². The molecule has 2 aromatic rings. The highest BCUT2D eigenvalue weighted by Crippen LogP contribution is 2.29. The number of primary amides is 1. The Kier molecular flexibility index (Phi) is 8.40. The number of hydrogen-bond acceptors (Lipinski definition) is 6. The zero-order chi connectivity index (χ0) is 20.0. The lowest BCUT2D eigenvalue weighted by Crippen LogP contribution is -2.27. The normalized spacial score (nSPS) is 14.4. The molecule has 1 aliphatic rings. The number of rotatable bonds is 2. The molecule has 1 fully saturated rings. The second-order valence-corrected chi connectivity index (χ2v) is 7.49. The molecule has 0 saturated heterocycles. The number of nitrogens with two attached hydrogens (primary N) is 1. The molecule has 1 aliphatic carbocycles. The number of hydrogen-bond donors (Lipinski definition) is 1. The first-order chi connectivity index (χ1) is 12.7. The van der Waals surface area contributed by atoms with Gasteiger partial charge in [0.15, 0.2) is 5.65 Å². The van der Waals surface area contributed by atoms with Crippen LogP contribution in [0, 0.1) is 0 Å². The topological polar surface area (TPSA) is 109 Å². The highest BCUT2D eigenvalue weighted by atomic mass is 16.6. The molecule has 0 aliphatic heterocycles. The number of aromatic nitrogens is 3. The molecule has 3 rings (SSSR count). The zero-order valence-electron chi connectivity index (χ0n) is 16.4. The van der Waals surface area contributed by atoms with E-state index in [1.54, 1.807) is 38.5 Å². The quantitative estimate of drug-likeness (QED) is 0.832. The van der Waals surface area contributed by atoms with Gasteiger partial charge in [0.25, 0.3) is 5.56 Å². The summed E-state index contributed by atoms with van der Waals surface area (Å²) in [5.74, 6) is 0.518. The van der Waals surface area contributed by atoms with E-state index in [2.05, 4.69) is 14.7 Å². The summed E-state index contributed by atoms with van der Waals surface area (Å²) < 4.78 is 11.5. The Morgan fingerprint density at radius 2 is 1.86 bits per heavy atom. The highest BCUT2D eigenvalue weighted by molar-refractivity contribution is 5.70. The number of carbonyl (C=O) groups is 1. The molecule has 1 saturated carbocycles. The largest absolute Gasteiger partial charge is 0.481 e. The van der Waals surface area contributed by atoms with Gasteiger partial charge in [-0.25, -0.2) is 9.78 Å².